The van der Waals surface area contributed by atoms with Crippen LogP contribution in [0, 0.1) is 0 Å². The van der Waals surface area contributed by atoms with Gasteiger partial charge in [0.1, 0.15) is 5.75 Å². The minimum atomic E-state index is -0.400. The topological polar surface area (TPSA) is 26.3 Å². The molecule has 0 saturated heterocycles. The molecule has 0 radical (unpaired) electrons. The van der Waals surface area contributed by atoms with Crippen molar-refractivity contribution in [2.75, 3.05) is 0 Å². The lowest BCUT2D eigenvalue weighted by Crippen LogP contribution is -2.21. The lowest BCUT2D eigenvalue weighted by atomic mass is 9.83. The van der Waals surface area contributed by atoms with E-state index in [2.05, 4.69) is 0 Å². The zero-order valence-corrected chi connectivity index (χ0v) is 12.4. The molecule has 1 fully saturated rings. The number of ether oxygens (including phenoxy) is 1. The van der Waals surface area contributed by atoms with Crippen LogP contribution in [0.4, 0.5) is 0 Å². The highest BCUT2D eigenvalue weighted by atomic mass is 35.5. The van der Waals surface area contributed by atoms with Crippen LogP contribution in [0.3, 0.4) is 0 Å². The molecule has 1 aromatic carbocycles. The summed E-state index contributed by atoms with van der Waals surface area (Å²) in [6.45, 7) is 3.35. The Morgan fingerprint density at radius 3 is 2.63 bits per heavy atom. The summed E-state index contributed by atoms with van der Waals surface area (Å²) in [4.78, 5) is 11.4. The van der Waals surface area contributed by atoms with E-state index in [-0.39, 0.29) is 5.78 Å². The van der Waals surface area contributed by atoms with Crippen molar-refractivity contribution in [3.63, 3.8) is 0 Å². The Bertz CT molecular complexity index is 450. The van der Waals surface area contributed by atoms with Gasteiger partial charge < -0.3 is 4.74 Å². The second kappa shape index (κ2) is 6.42. The molecule has 0 amide bonds. The molecule has 0 aromatic heterocycles. The fourth-order valence-corrected chi connectivity index (χ4v) is 2.81. The number of ketones is 1. The molecular formula is C16H21ClO2. The van der Waals surface area contributed by atoms with Crippen LogP contribution in [-0.4, -0.2) is 11.9 Å². The van der Waals surface area contributed by atoms with Crippen molar-refractivity contribution in [2.45, 2.75) is 58.0 Å². The summed E-state index contributed by atoms with van der Waals surface area (Å²) >= 11 is 6.11. The minimum absolute atomic E-state index is 0.0459. The summed E-state index contributed by atoms with van der Waals surface area (Å²) < 4.78 is 5.81. The first-order chi connectivity index (χ1) is 9.08. The van der Waals surface area contributed by atoms with Crippen molar-refractivity contribution >= 4 is 17.4 Å². The van der Waals surface area contributed by atoms with Gasteiger partial charge in [-0.1, -0.05) is 30.9 Å². The molecule has 2 nitrogen and oxygen atoms in total. The second-order valence-corrected chi connectivity index (χ2v) is 5.82. The highest BCUT2D eigenvalue weighted by Crippen LogP contribution is 2.39. The summed E-state index contributed by atoms with van der Waals surface area (Å²) in [5.74, 6) is 1.38. The standard InChI is InChI=1S/C16H21ClO2/c1-11(18)12(2)19-16-9-8-14(17)10-15(16)13-6-4-3-5-7-13/h8-10,12-13H,3-7H2,1-2H3/t12-/m1/s1. The van der Waals surface area contributed by atoms with E-state index in [0.29, 0.717) is 5.92 Å². The van der Waals surface area contributed by atoms with Gasteiger partial charge in [-0.25, -0.2) is 0 Å². The molecule has 0 bridgehead atoms. The first kappa shape index (κ1) is 14.4. The van der Waals surface area contributed by atoms with Gasteiger partial charge in [-0.3, -0.25) is 4.79 Å². The van der Waals surface area contributed by atoms with Crippen LogP contribution in [0.1, 0.15) is 57.4 Å². The van der Waals surface area contributed by atoms with Gasteiger partial charge >= 0.3 is 0 Å². The van der Waals surface area contributed by atoms with Crippen LogP contribution < -0.4 is 4.74 Å². The van der Waals surface area contributed by atoms with E-state index in [1.54, 1.807) is 13.8 Å². The smallest absolute Gasteiger partial charge is 0.169 e. The predicted octanol–water partition coefficient (Wildman–Crippen LogP) is 4.74. The Hall–Kier alpha value is -1.02. The SMILES string of the molecule is CC(=O)[C@@H](C)Oc1ccc(Cl)cc1C1CCCCC1. The van der Waals surface area contributed by atoms with E-state index in [0.717, 1.165) is 10.8 Å². The van der Waals surface area contributed by atoms with Gasteiger partial charge in [0.2, 0.25) is 0 Å². The summed E-state index contributed by atoms with van der Waals surface area (Å²) in [6.07, 6.45) is 5.81. The summed E-state index contributed by atoms with van der Waals surface area (Å²) in [5, 5.41) is 0.739. The Balaban J connectivity index is 2.24. The van der Waals surface area contributed by atoms with Gasteiger partial charge in [0.05, 0.1) is 0 Å². The molecule has 1 aromatic rings. The lowest BCUT2D eigenvalue weighted by molar-refractivity contribution is -0.122. The summed E-state index contributed by atoms with van der Waals surface area (Å²) in [6, 6.07) is 5.72. The van der Waals surface area contributed by atoms with Crippen molar-refractivity contribution in [3.05, 3.63) is 28.8 Å². The fourth-order valence-electron chi connectivity index (χ4n) is 2.63. The zero-order valence-electron chi connectivity index (χ0n) is 11.6. The van der Waals surface area contributed by atoms with Crippen LogP contribution in [0.5, 0.6) is 5.75 Å². The summed E-state index contributed by atoms with van der Waals surface area (Å²) in [7, 11) is 0. The predicted molar refractivity (Wildman–Crippen MR) is 78.0 cm³/mol. The van der Waals surface area contributed by atoms with Crippen molar-refractivity contribution < 1.29 is 9.53 Å². The highest BCUT2D eigenvalue weighted by Gasteiger charge is 2.21. The molecule has 3 heteroatoms. The van der Waals surface area contributed by atoms with Crippen LogP contribution in [0.25, 0.3) is 0 Å². The second-order valence-electron chi connectivity index (χ2n) is 5.39. The lowest BCUT2D eigenvalue weighted by Gasteiger charge is -2.25. The van der Waals surface area contributed by atoms with Crippen molar-refractivity contribution in [1.82, 2.24) is 0 Å². The number of Topliss-reactive ketones (excluding diaryl/α,β-unsaturated/α-hetero) is 1. The van der Waals surface area contributed by atoms with Crippen LogP contribution >= 0.6 is 11.6 Å². The zero-order chi connectivity index (χ0) is 13.8. The highest BCUT2D eigenvalue weighted by molar-refractivity contribution is 6.30. The molecule has 104 valence electrons. The van der Waals surface area contributed by atoms with E-state index in [4.69, 9.17) is 16.3 Å². The molecule has 0 N–H and O–H groups in total. The summed E-state index contributed by atoms with van der Waals surface area (Å²) in [5.41, 5.74) is 1.17. The van der Waals surface area contributed by atoms with Gasteiger partial charge in [0, 0.05) is 5.02 Å². The Kier molecular flexibility index (Phi) is 4.87. The average molecular weight is 281 g/mol. The van der Waals surface area contributed by atoms with Crippen molar-refractivity contribution in [3.8, 4) is 5.75 Å². The van der Waals surface area contributed by atoms with Crippen LogP contribution in [0.15, 0.2) is 18.2 Å². The molecule has 1 saturated carbocycles. The van der Waals surface area contributed by atoms with E-state index >= 15 is 0 Å². The largest absolute Gasteiger partial charge is 0.483 e. The van der Waals surface area contributed by atoms with Gasteiger partial charge in [-0.05, 0) is 56.4 Å². The first-order valence-corrected chi connectivity index (χ1v) is 7.42. The van der Waals surface area contributed by atoms with Gasteiger partial charge in [-0.2, -0.15) is 0 Å². The number of carbonyl (C=O) groups is 1. The number of rotatable bonds is 4. The first-order valence-electron chi connectivity index (χ1n) is 7.04. The molecule has 0 heterocycles. The van der Waals surface area contributed by atoms with E-state index in [1.807, 2.05) is 18.2 Å². The van der Waals surface area contributed by atoms with E-state index in [1.165, 1.54) is 37.7 Å². The molecule has 19 heavy (non-hydrogen) atoms. The molecule has 1 aliphatic rings. The maximum Gasteiger partial charge on any atom is 0.169 e. The maximum absolute atomic E-state index is 11.4. The molecule has 0 unspecified atom stereocenters. The number of carbonyl (C=O) groups excluding carboxylic acids is 1. The fraction of sp³-hybridized carbons (Fsp3) is 0.562. The van der Waals surface area contributed by atoms with Crippen molar-refractivity contribution in [2.24, 2.45) is 0 Å². The van der Waals surface area contributed by atoms with Crippen molar-refractivity contribution in [1.29, 1.82) is 0 Å². The third-order valence-corrected chi connectivity index (χ3v) is 4.13. The van der Waals surface area contributed by atoms with Gasteiger partial charge in [-0.15, -0.1) is 0 Å². The molecule has 1 atom stereocenters. The molecular weight excluding hydrogens is 260 g/mol. The molecule has 1 aliphatic carbocycles. The third-order valence-electron chi connectivity index (χ3n) is 3.89. The number of halogens is 1. The minimum Gasteiger partial charge on any atom is -0.483 e. The third kappa shape index (κ3) is 3.73. The maximum atomic E-state index is 11.4. The van der Waals surface area contributed by atoms with E-state index in [9.17, 15) is 4.79 Å². The van der Waals surface area contributed by atoms with Gasteiger partial charge in [0.15, 0.2) is 11.9 Å². The Morgan fingerprint density at radius 2 is 2.00 bits per heavy atom. The number of hydrogen-bond acceptors (Lipinski definition) is 2. The van der Waals surface area contributed by atoms with E-state index < -0.39 is 6.10 Å². The number of hydrogen-bond donors (Lipinski definition) is 0. The molecule has 2 rings (SSSR count). The number of benzene rings is 1. The molecule has 0 aliphatic heterocycles. The average Bonchev–Trinajstić information content (AvgIpc) is 2.41. The van der Waals surface area contributed by atoms with Crippen LogP contribution in [0.2, 0.25) is 5.02 Å². The molecule has 0 spiro atoms. The Morgan fingerprint density at radius 1 is 1.32 bits per heavy atom. The van der Waals surface area contributed by atoms with Crippen LogP contribution in [-0.2, 0) is 4.79 Å². The monoisotopic (exact) mass is 280 g/mol. The van der Waals surface area contributed by atoms with Gasteiger partial charge in [0.25, 0.3) is 0 Å². The quantitative estimate of drug-likeness (QED) is 0.796. The Labute approximate surface area is 120 Å². The normalized spacial score (nSPS) is 18.1.